The van der Waals surface area contributed by atoms with Crippen LogP contribution in [0.4, 0.5) is 8.78 Å². The Hall–Kier alpha value is -2.86. The van der Waals surface area contributed by atoms with Gasteiger partial charge in [0.25, 0.3) is 0 Å². The van der Waals surface area contributed by atoms with Crippen molar-refractivity contribution < 1.29 is 23.0 Å². The number of halogens is 3. The first-order valence-corrected chi connectivity index (χ1v) is 9.40. The number of hydrogen-bond donors (Lipinski definition) is 1. The van der Waals surface area contributed by atoms with Gasteiger partial charge in [-0.1, -0.05) is 36.4 Å². The maximum absolute atomic E-state index is 12.8. The van der Waals surface area contributed by atoms with Crippen LogP contribution in [0.25, 0.3) is 11.8 Å². The monoisotopic (exact) mass is 419 g/mol. The van der Waals surface area contributed by atoms with Crippen LogP contribution in [0.5, 0.6) is 11.5 Å². The van der Waals surface area contributed by atoms with Gasteiger partial charge in [-0.2, -0.15) is 8.78 Å². The van der Waals surface area contributed by atoms with E-state index in [1.54, 1.807) is 36.4 Å². The van der Waals surface area contributed by atoms with Crippen LogP contribution < -0.4 is 15.2 Å². The summed E-state index contributed by atoms with van der Waals surface area (Å²) in [6, 6.07) is 11.1. The summed E-state index contributed by atoms with van der Waals surface area (Å²) in [5, 5.41) is 0.459. The molecule has 0 aliphatic heterocycles. The summed E-state index contributed by atoms with van der Waals surface area (Å²) >= 11 is 6.15. The summed E-state index contributed by atoms with van der Waals surface area (Å²) in [5.41, 5.74) is 7.50. The molecule has 0 heterocycles. The average molecular weight is 420 g/mol. The molecular formula is C22H20ClF2NO3. The predicted molar refractivity (Wildman–Crippen MR) is 109 cm³/mol. The van der Waals surface area contributed by atoms with Crippen molar-refractivity contribution in [1.82, 2.24) is 0 Å². The number of carbonyl (C=O) groups is 1. The fourth-order valence-corrected chi connectivity index (χ4v) is 3.09. The predicted octanol–water partition coefficient (Wildman–Crippen LogP) is 5.31. The van der Waals surface area contributed by atoms with Crippen LogP contribution in [0, 0.1) is 5.92 Å². The number of rotatable bonds is 9. The lowest BCUT2D eigenvalue weighted by molar-refractivity contribution is -0.116. The molecule has 29 heavy (non-hydrogen) atoms. The van der Waals surface area contributed by atoms with E-state index < -0.39 is 6.61 Å². The lowest BCUT2D eigenvalue weighted by Gasteiger charge is -2.16. The number of hydrogen-bond acceptors (Lipinski definition) is 4. The Morgan fingerprint density at radius 1 is 1.28 bits per heavy atom. The van der Waals surface area contributed by atoms with Gasteiger partial charge in [0.15, 0.2) is 5.78 Å². The summed E-state index contributed by atoms with van der Waals surface area (Å²) in [4.78, 5) is 12.8. The summed E-state index contributed by atoms with van der Waals surface area (Å²) in [6.07, 6.45) is 3.15. The molecule has 0 aromatic heterocycles. The number of para-hydroxylation sites is 1. The molecule has 0 atom stereocenters. The third-order valence-electron chi connectivity index (χ3n) is 4.54. The minimum absolute atomic E-state index is 0.0620. The Morgan fingerprint density at radius 3 is 2.62 bits per heavy atom. The van der Waals surface area contributed by atoms with Gasteiger partial charge >= 0.3 is 6.61 Å². The Bertz CT molecular complexity index is 955. The highest BCUT2D eigenvalue weighted by Gasteiger charge is 2.33. The van der Waals surface area contributed by atoms with E-state index in [1.807, 2.05) is 0 Å². The van der Waals surface area contributed by atoms with Crippen LogP contribution in [0.1, 0.15) is 24.0 Å². The zero-order valence-electron chi connectivity index (χ0n) is 15.5. The molecule has 152 valence electrons. The van der Waals surface area contributed by atoms with Gasteiger partial charge in [-0.15, -0.1) is 0 Å². The second kappa shape index (κ2) is 9.09. The molecule has 1 aliphatic carbocycles. The molecule has 0 radical (unpaired) electrons. The van der Waals surface area contributed by atoms with E-state index in [1.165, 1.54) is 12.1 Å². The maximum Gasteiger partial charge on any atom is 0.387 e. The molecule has 7 heteroatoms. The smallest absolute Gasteiger partial charge is 0.387 e. The van der Waals surface area contributed by atoms with E-state index in [0.717, 1.165) is 18.4 Å². The number of carbonyl (C=O) groups excluding carboxylic acids is 1. The van der Waals surface area contributed by atoms with Gasteiger partial charge in [0.05, 0.1) is 16.3 Å². The molecule has 1 saturated carbocycles. The maximum atomic E-state index is 12.8. The zero-order chi connectivity index (χ0) is 21.0. The van der Waals surface area contributed by atoms with Crippen molar-refractivity contribution in [2.75, 3.05) is 6.61 Å². The number of nitrogens with two attached hydrogens (primary N) is 1. The first kappa shape index (κ1) is 20.9. The summed E-state index contributed by atoms with van der Waals surface area (Å²) in [7, 11) is 0. The highest BCUT2D eigenvalue weighted by Crippen LogP contribution is 2.35. The van der Waals surface area contributed by atoms with Crippen LogP contribution in [0.15, 0.2) is 54.6 Å². The van der Waals surface area contributed by atoms with E-state index in [2.05, 4.69) is 11.3 Å². The van der Waals surface area contributed by atoms with Gasteiger partial charge in [0, 0.05) is 11.5 Å². The highest BCUT2D eigenvalue weighted by atomic mass is 35.5. The van der Waals surface area contributed by atoms with Gasteiger partial charge in [0.1, 0.15) is 18.1 Å². The van der Waals surface area contributed by atoms with Crippen LogP contribution in [-0.2, 0) is 4.79 Å². The Kier molecular flexibility index (Phi) is 6.54. The molecular weight excluding hydrogens is 400 g/mol. The van der Waals surface area contributed by atoms with Gasteiger partial charge in [-0.05, 0) is 48.7 Å². The molecule has 0 amide bonds. The standard InChI is InChI=1S/C22H20ClF2NO3/c1-2-13-9-10-15(11-18(13)23)28-12-17(21(27)14-7-8-14)20(26)16-5-3-4-6-19(16)29-22(24)25/h2-6,9-11,14,22H,1,7-8,12,26H2. The first-order chi connectivity index (χ1) is 13.9. The van der Waals surface area contributed by atoms with Crippen molar-refractivity contribution in [3.8, 4) is 11.5 Å². The van der Waals surface area contributed by atoms with Gasteiger partial charge in [-0.25, -0.2) is 0 Å². The SMILES string of the molecule is C=Cc1ccc(OCC(C(=O)C2CC2)=C(N)c2ccccc2OC(F)F)cc1Cl. The van der Waals surface area contributed by atoms with Crippen molar-refractivity contribution in [2.45, 2.75) is 19.5 Å². The third kappa shape index (κ3) is 5.15. The second-order valence-electron chi connectivity index (χ2n) is 6.58. The summed E-state index contributed by atoms with van der Waals surface area (Å²) in [6.45, 7) is 0.548. The number of alkyl halides is 2. The van der Waals surface area contributed by atoms with E-state index in [9.17, 15) is 13.6 Å². The first-order valence-electron chi connectivity index (χ1n) is 9.02. The molecule has 2 N–H and O–H groups in total. The molecule has 1 fully saturated rings. The highest BCUT2D eigenvalue weighted by molar-refractivity contribution is 6.32. The van der Waals surface area contributed by atoms with E-state index in [0.29, 0.717) is 10.8 Å². The number of ether oxygens (including phenoxy) is 2. The molecule has 2 aromatic rings. The lowest BCUT2D eigenvalue weighted by atomic mass is 10.0. The molecule has 2 aromatic carbocycles. The minimum Gasteiger partial charge on any atom is -0.489 e. The Morgan fingerprint density at radius 2 is 2.00 bits per heavy atom. The molecule has 3 rings (SSSR count). The quantitative estimate of drug-likeness (QED) is 0.559. The van der Waals surface area contributed by atoms with Crippen LogP contribution in [-0.4, -0.2) is 19.0 Å². The van der Waals surface area contributed by atoms with Crippen LogP contribution >= 0.6 is 11.6 Å². The Balaban J connectivity index is 1.92. The fourth-order valence-electron chi connectivity index (χ4n) is 2.84. The van der Waals surface area contributed by atoms with E-state index in [4.69, 9.17) is 22.1 Å². The van der Waals surface area contributed by atoms with Gasteiger partial charge in [-0.3, -0.25) is 4.79 Å². The molecule has 1 aliphatic rings. The minimum atomic E-state index is -3.01. The largest absolute Gasteiger partial charge is 0.489 e. The molecule has 0 unspecified atom stereocenters. The van der Waals surface area contributed by atoms with E-state index >= 15 is 0 Å². The number of benzene rings is 2. The summed E-state index contributed by atoms with van der Waals surface area (Å²) in [5.74, 6) is 0.0799. The van der Waals surface area contributed by atoms with E-state index in [-0.39, 0.29) is 40.9 Å². The van der Waals surface area contributed by atoms with Crippen molar-refractivity contribution >= 4 is 29.2 Å². The molecule has 0 bridgehead atoms. The summed E-state index contributed by atoms with van der Waals surface area (Å²) < 4.78 is 35.8. The van der Waals surface area contributed by atoms with Gasteiger partial charge < -0.3 is 15.2 Å². The lowest BCUT2D eigenvalue weighted by Crippen LogP contribution is -2.19. The average Bonchev–Trinajstić information content (AvgIpc) is 3.53. The normalized spacial score (nSPS) is 14.3. The second-order valence-corrected chi connectivity index (χ2v) is 6.99. The van der Waals surface area contributed by atoms with Crippen molar-refractivity contribution in [3.05, 3.63) is 70.8 Å². The van der Waals surface area contributed by atoms with Crippen molar-refractivity contribution in [3.63, 3.8) is 0 Å². The molecule has 0 spiro atoms. The molecule has 0 saturated heterocycles. The van der Waals surface area contributed by atoms with Crippen LogP contribution in [0.3, 0.4) is 0 Å². The molecule has 4 nitrogen and oxygen atoms in total. The van der Waals surface area contributed by atoms with Crippen molar-refractivity contribution in [1.29, 1.82) is 0 Å². The van der Waals surface area contributed by atoms with Gasteiger partial charge in [0.2, 0.25) is 0 Å². The number of Topliss-reactive ketones (excluding diaryl/α,β-unsaturated/α-hetero) is 1. The van der Waals surface area contributed by atoms with Crippen LogP contribution in [0.2, 0.25) is 5.02 Å². The van der Waals surface area contributed by atoms with Crippen molar-refractivity contribution in [2.24, 2.45) is 11.7 Å². The zero-order valence-corrected chi connectivity index (χ0v) is 16.3. The fraction of sp³-hybridized carbons (Fsp3) is 0.227. The Labute approximate surface area is 172 Å². The third-order valence-corrected chi connectivity index (χ3v) is 4.87. The number of ketones is 1. The topological polar surface area (TPSA) is 61.5 Å².